The van der Waals surface area contributed by atoms with Gasteiger partial charge in [-0.15, -0.1) is 0 Å². The molecule has 0 unspecified atom stereocenters. The van der Waals surface area contributed by atoms with Gasteiger partial charge in [-0.05, 0) is 78.3 Å². The molecular formula is C60H63NO13. The third-order valence-electron chi connectivity index (χ3n) is 12.1. The van der Waals surface area contributed by atoms with E-state index in [9.17, 15) is 24.0 Å². The van der Waals surface area contributed by atoms with Gasteiger partial charge in [-0.1, -0.05) is 152 Å². The number of carbonyl (C=O) groups excluding carboxylic acids is 5. The Morgan fingerprint density at radius 1 is 0.486 bits per heavy atom. The van der Waals surface area contributed by atoms with Crippen LogP contribution in [0, 0.1) is 0 Å². The third-order valence-corrected chi connectivity index (χ3v) is 12.1. The van der Waals surface area contributed by atoms with E-state index in [1.807, 2.05) is 121 Å². The normalized spacial score (nSPS) is 17.1. The molecule has 14 heteroatoms. The molecule has 0 radical (unpaired) electrons. The molecule has 1 saturated heterocycles. The highest BCUT2D eigenvalue weighted by Gasteiger charge is 2.51. The molecule has 14 nitrogen and oxygen atoms in total. The Morgan fingerprint density at radius 3 is 1.61 bits per heavy atom. The first-order chi connectivity index (χ1) is 36.2. The number of ketones is 1. The van der Waals surface area contributed by atoms with Gasteiger partial charge >= 0.3 is 24.0 Å². The van der Waals surface area contributed by atoms with Gasteiger partial charge in [-0.3, -0.25) is 4.79 Å². The molecular weight excluding hydrogens is 943 g/mol. The average Bonchev–Trinajstić information content (AvgIpc) is 3.43. The number of esters is 3. The van der Waals surface area contributed by atoms with Crippen molar-refractivity contribution in [1.82, 2.24) is 4.90 Å². The quantitative estimate of drug-likeness (QED) is 0.0272. The van der Waals surface area contributed by atoms with Gasteiger partial charge in [0.1, 0.15) is 31.2 Å². The van der Waals surface area contributed by atoms with Crippen LogP contribution in [-0.4, -0.2) is 85.1 Å². The number of benzene rings is 6. The van der Waals surface area contributed by atoms with Crippen LogP contribution in [0.5, 0.6) is 0 Å². The molecule has 1 aliphatic heterocycles. The zero-order valence-electron chi connectivity index (χ0n) is 41.6. The lowest BCUT2D eigenvalue weighted by atomic mass is 9.97. The topological polar surface area (TPSA) is 162 Å². The van der Waals surface area contributed by atoms with Crippen molar-refractivity contribution >= 4 is 29.8 Å². The SMILES string of the molecule is CC(=O)CCC(=O)O[C@H]1[C@H](OCc2ccccc2)[C@@H](OC(=O)c2ccccc2)[C@H](OCCCCCN(Cc2ccccc2)C(=O)OCc2ccc(COC(=O)c3ccccc3)cc2)O[C@H]1COCc1ccccc1. The Hall–Kier alpha value is -7.49. The maximum absolute atomic E-state index is 13.9. The van der Waals surface area contributed by atoms with E-state index in [2.05, 4.69) is 0 Å². The van der Waals surface area contributed by atoms with Crippen LogP contribution in [0.25, 0.3) is 0 Å². The molecule has 0 saturated carbocycles. The van der Waals surface area contributed by atoms with E-state index in [-0.39, 0.29) is 63.8 Å². The summed E-state index contributed by atoms with van der Waals surface area (Å²) in [6, 6.07) is 53.3. The second kappa shape index (κ2) is 29.3. The Bertz CT molecular complexity index is 2640. The van der Waals surface area contributed by atoms with Gasteiger partial charge < -0.3 is 47.6 Å². The minimum absolute atomic E-state index is 0.0205. The fraction of sp³-hybridized carbons (Fsp3) is 0.317. The summed E-state index contributed by atoms with van der Waals surface area (Å²) in [6.45, 7) is 2.71. The highest BCUT2D eigenvalue weighted by atomic mass is 16.7. The van der Waals surface area contributed by atoms with Crippen molar-refractivity contribution in [3.05, 3.63) is 215 Å². The summed E-state index contributed by atoms with van der Waals surface area (Å²) in [5.41, 5.74) is 5.02. The van der Waals surface area contributed by atoms with E-state index in [4.69, 9.17) is 37.9 Å². The Kier molecular flexibility index (Phi) is 21.5. The number of nitrogens with zero attached hydrogens (tertiary/aromatic N) is 1. The number of hydrogen-bond acceptors (Lipinski definition) is 13. The summed E-state index contributed by atoms with van der Waals surface area (Å²) in [5, 5.41) is 0. The fourth-order valence-electron chi connectivity index (χ4n) is 8.09. The molecule has 386 valence electrons. The second-order valence-corrected chi connectivity index (χ2v) is 17.8. The standard InChI is InChI=1S/C60H63NO13/c1-44(62)30-35-53(63)73-54-52(43-67-39-46-22-10-3-11-23-46)72-59(56(74-58(65)51-28-16-6-17-29-51)55(54)69-40-47-24-12-4-13-25-47)68-37-19-7-18-36-61(38-45-20-8-2-9-21-45)60(66)71-42-49-33-31-48(32-34-49)41-70-57(64)50-26-14-5-15-27-50/h2-6,8-17,20-29,31-34,52,54-56,59H,7,18-19,30,35-43H2,1H3/t52-,54+,55-,56+,59+/m0/s1. The predicted octanol–water partition coefficient (Wildman–Crippen LogP) is 10.4. The highest BCUT2D eigenvalue weighted by molar-refractivity contribution is 5.90. The molecule has 0 aromatic heterocycles. The lowest BCUT2D eigenvalue weighted by Gasteiger charge is -2.45. The molecule has 0 bridgehead atoms. The minimum Gasteiger partial charge on any atom is -0.457 e. The fourth-order valence-corrected chi connectivity index (χ4v) is 8.09. The summed E-state index contributed by atoms with van der Waals surface area (Å²) in [4.78, 5) is 67.0. The largest absolute Gasteiger partial charge is 0.457 e. The summed E-state index contributed by atoms with van der Waals surface area (Å²) in [5.74, 6) is -1.89. The lowest BCUT2D eigenvalue weighted by molar-refractivity contribution is -0.312. The third kappa shape index (κ3) is 17.6. The smallest absolute Gasteiger partial charge is 0.410 e. The van der Waals surface area contributed by atoms with Crippen LogP contribution in [0.15, 0.2) is 176 Å². The molecule has 5 atom stereocenters. The number of ether oxygens (including phenoxy) is 8. The Labute approximate surface area is 432 Å². The number of carbonyl (C=O) groups is 5. The minimum atomic E-state index is -1.23. The van der Waals surface area contributed by atoms with Crippen molar-refractivity contribution < 1.29 is 61.9 Å². The molecule has 7 rings (SSSR count). The lowest BCUT2D eigenvalue weighted by Crippen LogP contribution is -2.62. The Morgan fingerprint density at radius 2 is 1.01 bits per heavy atom. The van der Waals surface area contributed by atoms with E-state index >= 15 is 0 Å². The molecule has 0 N–H and O–H groups in total. The zero-order valence-corrected chi connectivity index (χ0v) is 41.6. The molecule has 6 aromatic rings. The van der Waals surface area contributed by atoms with E-state index < -0.39 is 54.7 Å². The number of amides is 1. The molecule has 6 aromatic carbocycles. The first kappa shape index (κ1) is 54.3. The van der Waals surface area contributed by atoms with Crippen LogP contribution in [0.4, 0.5) is 4.79 Å². The summed E-state index contributed by atoms with van der Waals surface area (Å²) < 4.78 is 49.5. The highest BCUT2D eigenvalue weighted by Crippen LogP contribution is 2.32. The summed E-state index contributed by atoms with van der Waals surface area (Å²) >= 11 is 0. The number of hydrogen-bond donors (Lipinski definition) is 0. The molecule has 1 fully saturated rings. The van der Waals surface area contributed by atoms with Crippen LogP contribution >= 0.6 is 0 Å². The summed E-state index contributed by atoms with van der Waals surface area (Å²) in [7, 11) is 0. The predicted molar refractivity (Wildman–Crippen MR) is 274 cm³/mol. The maximum Gasteiger partial charge on any atom is 0.410 e. The van der Waals surface area contributed by atoms with Gasteiger partial charge in [-0.2, -0.15) is 0 Å². The Balaban J connectivity index is 1.01. The van der Waals surface area contributed by atoms with Gasteiger partial charge in [0.05, 0.1) is 37.4 Å². The van der Waals surface area contributed by atoms with E-state index in [0.29, 0.717) is 37.9 Å². The van der Waals surface area contributed by atoms with Gasteiger partial charge in [-0.25, -0.2) is 14.4 Å². The average molecular weight is 1010 g/mol. The van der Waals surface area contributed by atoms with Crippen molar-refractivity contribution in [2.24, 2.45) is 0 Å². The van der Waals surface area contributed by atoms with Crippen molar-refractivity contribution in [3.8, 4) is 0 Å². The van der Waals surface area contributed by atoms with Crippen molar-refractivity contribution in [1.29, 1.82) is 0 Å². The van der Waals surface area contributed by atoms with Crippen LogP contribution in [0.1, 0.15) is 87.6 Å². The molecule has 74 heavy (non-hydrogen) atoms. The molecule has 1 amide bonds. The van der Waals surface area contributed by atoms with Crippen LogP contribution < -0.4 is 0 Å². The van der Waals surface area contributed by atoms with Crippen LogP contribution in [0.2, 0.25) is 0 Å². The van der Waals surface area contributed by atoms with Crippen molar-refractivity contribution in [2.75, 3.05) is 19.8 Å². The first-order valence-corrected chi connectivity index (χ1v) is 24.9. The molecule has 0 spiro atoms. The van der Waals surface area contributed by atoms with Crippen LogP contribution in [0.3, 0.4) is 0 Å². The molecule has 1 heterocycles. The monoisotopic (exact) mass is 1010 g/mol. The van der Waals surface area contributed by atoms with Gasteiger partial charge in [0.25, 0.3) is 0 Å². The van der Waals surface area contributed by atoms with Gasteiger partial charge in [0.2, 0.25) is 0 Å². The zero-order chi connectivity index (χ0) is 51.7. The molecule has 0 aliphatic carbocycles. The number of unbranched alkanes of at least 4 members (excludes halogenated alkanes) is 2. The molecule has 1 aliphatic rings. The summed E-state index contributed by atoms with van der Waals surface area (Å²) in [6.07, 6.45) is -4.49. The second-order valence-electron chi connectivity index (χ2n) is 17.8. The first-order valence-electron chi connectivity index (χ1n) is 24.9. The van der Waals surface area contributed by atoms with Crippen molar-refractivity contribution in [2.45, 2.75) is 103 Å². The van der Waals surface area contributed by atoms with Crippen molar-refractivity contribution in [3.63, 3.8) is 0 Å². The number of rotatable bonds is 27. The van der Waals surface area contributed by atoms with E-state index in [0.717, 1.165) is 27.8 Å². The van der Waals surface area contributed by atoms with E-state index in [1.165, 1.54) is 6.92 Å². The maximum atomic E-state index is 13.9. The van der Waals surface area contributed by atoms with E-state index in [1.54, 1.807) is 59.5 Å². The van der Waals surface area contributed by atoms with Gasteiger partial charge in [0, 0.05) is 26.1 Å². The van der Waals surface area contributed by atoms with Gasteiger partial charge in [0.15, 0.2) is 18.5 Å². The number of Topliss-reactive ketones (excluding diaryl/α,β-unsaturated/α-hetero) is 1. The van der Waals surface area contributed by atoms with Crippen LogP contribution in [-0.2, 0) is 80.5 Å².